The minimum atomic E-state index is 0.607. The molecule has 2 heterocycles. The Bertz CT molecular complexity index is 723. The van der Waals surface area contributed by atoms with E-state index in [0.29, 0.717) is 6.54 Å². The van der Waals surface area contributed by atoms with Gasteiger partial charge in [0, 0.05) is 25.2 Å². The van der Waals surface area contributed by atoms with Crippen molar-refractivity contribution in [1.29, 1.82) is 0 Å². The number of aryl methyl sites for hydroxylation is 2. The molecule has 0 bridgehead atoms. The van der Waals surface area contributed by atoms with Gasteiger partial charge in [0.05, 0.1) is 16.7 Å². The quantitative estimate of drug-likeness (QED) is 0.749. The summed E-state index contributed by atoms with van der Waals surface area (Å²) in [6.07, 6.45) is 2.83. The Morgan fingerprint density at radius 1 is 1.37 bits per heavy atom. The molecule has 19 heavy (non-hydrogen) atoms. The molecule has 0 unspecified atom stereocenters. The second kappa shape index (κ2) is 4.51. The van der Waals surface area contributed by atoms with Crippen molar-refractivity contribution < 1.29 is 0 Å². The van der Waals surface area contributed by atoms with Crippen LogP contribution < -0.4 is 5.73 Å². The Balaban J connectivity index is 2.12. The number of aromatic nitrogens is 4. The third-order valence-electron chi connectivity index (χ3n) is 3.20. The molecule has 0 aliphatic carbocycles. The number of nitrogens with one attached hydrogen (secondary N) is 1. The normalized spacial score (nSPS) is 11.3. The molecule has 0 saturated heterocycles. The molecule has 5 nitrogen and oxygen atoms in total. The van der Waals surface area contributed by atoms with Crippen molar-refractivity contribution in [2.24, 2.45) is 12.8 Å². The molecule has 0 fully saturated rings. The van der Waals surface area contributed by atoms with E-state index in [2.05, 4.69) is 27.2 Å². The van der Waals surface area contributed by atoms with E-state index in [0.717, 1.165) is 40.1 Å². The number of nitrogens with two attached hydrogens (primary N) is 1. The second-order valence-corrected chi connectivity index (χ2v) is 4.76. The van der Waals surface area contributed by atoms with Gasteiger partial charge in [0.1, 0.15) is 5.82 Å². The molecule has 3 N–H and O–H groups in total. The van der Waals surface area contributed by atoms with Gasteiger partial charge in [-0.2, -0.15) is 5.10 Å². The van der Waals surface area contributed by atoms with E-state index in [1.807, 2.05) is 30.9 Å². The number of imidazole rings is 1. The van der Waals surface area contributed by atoms with Crippen molar-refractivity contribution in [2.75, 3.05) is 6.54 Å². The highest BCUT2D eigenvalue weighted by Gasteiger charge is 2.10. The van der Waals surface area contributed by atoms with Gasteiger partial charge >= 0.3 is 0 Å². The molecule has 0 saturated carbocycles. The fourth-order valence-corrected chi connectivity index (χ4v) is 2.40. The number of hydrogen-bond donors (Lipinski definition) is 2. The largest absolute Gasteiger partial charge is 0.342 e. The number of rotatable bonds is 3. The molecule has 5 heteroatoms. The molecule has 0 aliphatic rings. The highest BCUT2D eigenvalue weighted by molar-refractivity contribution is 5.82. The summed E-state index contributed by atoms with van der Waals surface area (Å²) >= 11 is 0. The lowest BCUT2D eigenvalue weighted by molar-refractivity contribution is 0.739. The lowest BCUT2D eigenvalue weighted by atomic mass is 10.0. The molecule has 0 amide bonds. The Hall–Kier alpha value is -2.14. The monoisotopic (exact) mass is 255 g/mol. The predicted octanol–water partition coefficient (Wildman–Crippen LogP) is 1.77. The molecular weight excluding hydrogens is 238 g/mol. The van der Waals surface area contributed by atoms with Gasteiger partial charge in [-0.25, -0.2) is 4.98 Å². The van der Waals surface area contributed by atoms with E-state index in [1.165, 1.54) is 0 Å². The van der Waals surface area contributed by atoms with Crippen LogP contribution in [0.5, 0.6) is 0 Å². The van der Waals surface area contributed by atoms with Crippen LogP contribution in [0.4, 0.5) is 0 Å². The molecule has 0 aliphatic heterocycles. The summed E-state index contributed by atoms with van der Waals surface area (Å²) in [5.41, 5.74) is 11.0. The van der Waals surface area contributed by atoms with E-state index in [9.17, 15) is 0 Å². The molecule has 2 aromatic heterocycles. The van der Waals surface area contributed by atoms with Gasteiger partial charge in [0.25, 0.3) is 0 Å². The molecule has 0 atom stereocenters. The van der Waals surface area contributed by atoms with Gasteiger partial charge in [0.2, 0.25) is 0 Å². The van der Waals surface area contributed by atoms with E-state index in [1.54, 1.807) is 0 Å². The van der Waals surface area contributed by atoms with Crippen LogP contribution in [0.2, 0.25) is 0 Å². The standard InChI is InChI=1S/C14H17N5/c1-9-16-13-4-3-10(7-14(13)17-9)11-8-19(2)18-12(11)5-6-15/h3-4,7-8H,5-6,15H2,1-2H3,(H,16,17). The molecule has 0 spiro atoms. The SMILES string of the molecule is Cc1nc2ccc(-c3cn(C)nc3CCN)cc2[nH]1. The molecular formula is C14H17N5. The zero-order valence-electron chi connectivity index (χ0n) is 11.1. The molecule has 3 aromatic rings. The van der Waals surface area contributed by atoms with Crippen molar-refractivity contribution in [3.05, 3.63) is 35.9 Å². The summed E-state index contributed by atoms with van der Waals surface area (Å²) in [5.74, 6) is 0.931. The zero-order valence-corrected chi connectivity index (χ0v) is 11.1. The minimum absolute atomic E-state index is 0.607. The first kappa shape index (κ1) is 11.9. The molecule has 1 aromatic carbocycles. The summed E-state index contributed by atoms with van der Waals surface area (Å²) in [6, 6.07) is 6.24. The van der Waals surface area contributed by atoms with Crippen molar-refractivity contribution >= 4 is 11.0 Å². The Labute approximate surface area is 111 Å². The van der Waals surface area contributed by atoms with Crippen molar-refractivity contribution in [3.63, 3.8) is 0 Å². The fourth-order valence-electron chi connectivity index (χ4n) is 2.40. The van der Waals surface area contributed by atoms with Gasteiger partial charge in [-0.3, -0.25) is 4.68 Å². The van der Waals surface area contributed by atoms with Gasteiger partial charge in [-0.1, -0.05) is 6.07 Å². The number of aromatic amines is 1. The van der Waals surface area contributed by atoms with Crippen LogP contribution in [0.3, 0.4) is 0 Å². The minimum Gasteiger partial charge on any atom is -0.342 e. The lowest BCUT2D eigenvalue weighted by Gasteiger charge is -2.01. The van der Waals surface area contributed by atoms with Crippen LogP contribution in [-0.4, -0.2) is 26.3 Å². The number of nitrogens with zero attached hydrogens (tertiary/aromatic N) is 3. The average molecular weight is 255 g/mol. The summed E-state index contributed by atoms with van der Waals surface area (Å²) in [7, 11) is 1.93. The number of fused-ring (bicyclic) bond motifs is 1. The van der Waals surface area contributed by atoms with Crippen LogP contribution >= 0.6 is 0 Å². The van der Waals surface area contributed by atoms with Crippen LogP contribution in [0.1, 0.15) is 11.5 Å². The third-order valence-corrected chi connectivity index (χ3v) is 3.20. The summed E-state index contributed by atoms with van der Waals surface area (Å²) < 4.78 is 1.84. The Morgan fingerprint density at radius 2 is 2.21 bits per heavy atom. The number of H-pyrrole nitrogens is 1. The maximum atomic E-state index is 5.65. The highest BCUT2D eigenvalue weighted by atomic mass is 15.2. The lowest BCUT2D eigenvalue weighted by Crippen LogP contribution is -2.04. The van der Waals surface area contributed by atoms with Gasteiger partial charge < -0.3 is 10.7 Å². The maximum Gasteiger partial charge on any atom is 0.104 e. The summed E-state index contributed by atoms with van der Waals surface area (Å²) in [5, 5.41) is 4.47. The Morgan fingerprint density at radius 3 is 3.00 bits per heavy atom. The molecule has 98 valence electrons. The van der Waals surface area contributed by atoms with Gasteiger partial charge in [0.15, 0.2) is 0 Å². The van der Waals surface area contributed by atoms with Crippen molar-refractivity contribution in [2.45, 2.75) is 13.3 Å². The smallest absolute Gasteiger partial charge is 0.104 e. The maximum absolute atomic E-state index is 5.65. The summed E-state index contributed by atoms with van der Waals surface area (Å²) in [4.78, 5) is 7.68. The van der Waals surface area contributed by atoms with Gasteiger partial charge in [-0.05, 0) is 31.2 Å². The van der Waals surface area contributed by atoms with E-state index in [-0.39, 0.29) is 0 Å². The number of hydrogen-bond acceptors (Lipinski definition) is 3. The topological polar surface area (TPSA) is 72.5 Å². The van der Waals surface area contributed by atoms with E-state index < -0.39 is 0 Å². The third kappa shape index (κ3) is 2.13. The average Bonchev–Trinajstić information content (AvgIpc) is 2.90. The first-order valence-corrected chi connectivity index (χ1v) is 6.36. The number of benzene rings is 1. The first-order valence-electron chi connectivity index (χ1n) is 6.36. The Kier molecular flexibility index (Phi) is 2.83. The predicted molar refractivity (Wildman–Crippen MR) is 75.8 cm³/mol. The molecule has 3 rings (SSSR count). The second-order valence-electron chi connectivity index (χ2n) is 4.76. The zero-order chi connectivity index (χ0) is 13.4. The van der Waals surface area contributed by atoms with Crippen molar-refractivity contribution in [1.82, 2.24) is 19.7 Å². The van der Waals surface area contributed by atoms with E-state index in [4.69, 9.17) is 5.73 Å². The van der Waals surface area contributed by atoms with Gasteiger partial charge in [-0.15, -0.1) is 0 Å². The fraction of sp³-hybridized carbons (Fsp3) is 0.286. The molecule has 0 radical (unpaired) electrons. The van der Waals surface area contributed by atoms with Crippen LogP contribution in [-0.2, 0) is 13.5 Å². The highest BCUT2D eigenvalue weighted by Crippen LogP contribution is 2.26. The van der Waals surface area contributed by atoms with Crippen LogP contribution in [0.25, 0.3) is 22.2 Å². The van der Waals surface area contributed by atoms with Crippen LogP contribution in [0.15, 0.2) is 24.4 Å². The van der Waals surface area contributed by atoms with E-state index >= 15 is 0 Å². The summed E-state index contributed by atoms with van der Waals surface area (Å²) in [6.45, 7) is 2.57. The van der Waals surface area contributed by atoms with Crippen molar-refractivity contribution in [3.8, 4) is 11.1 Å². The van der Waals surface area contributed by atoms with Crippen LogP contribution in [0, 0.1) is 6.92 Å². The first-order chi connectivity index (χ1) is 9.17.